The molecule has 0 aromatic carbocycles. The second-order valence-electron chi connectivity index (χ2n) is 3.08. The summed E-state index contributed by atoms with van der Waals surface area (Å²) >= 11 is 0. The molecule has 0 aliphatic carbocycles. The van der Waals surface area contributed by atoms with Crippen LogP contribution in [0.5, 0.6) is 0 Å². The number of hydrogen-bond acceptors (Lipinski definition) is 3. The fraction of sp³-hybridized carbons (Fsp3) is 0.889. The molecule has 13 heavy (non-hydrogen) atoms. The number of aliphatic carboxylic acids is 1. The molecule has 0 radical (unpaired) electrons. The molecule has 1 atom stereocenters. The molecule has 1 unspecified atom stereocenters. The molecule has 0 saturated carbocycles. The van der Waals surface area contributed by atoms with E-state index in [1.165, 1.54) is 0 Å². The normalized spacial score (nSPS) is 11.8. The summed E-state index contributed by atoms with van der Waals surface area (Å²) in [6, 6.07) is 0. The summed E-state index contributed by atoms with van der Waals surface area (Å²) < 4.78 is 0. The van der Waals surface area contributed by atoms with Gasteiger partial charge in [0.2, 0.25) is 0 Å². The number of hydrogen-bond donors (Lipinski definition) is 1. The molecule has 0 fully saturated rings. The summed E-state index contributed by atoms with van der Waals surface area (Å²) in [6.07, 6.45) is 3.91. The van der Waals surface area contributed by atoms with Crippen LogP contribution in [-0.2, 0) is 4.79 Å². The van der Waals surface area contributed by atoms with E-state index in [-0.39, 0.29) is 36.0 Å². The fourth-order valence-electron chi connectivity index (χ4n) is 1.10. The van der Waals surface area contributed by atoms with Gasteiger partial charge in [-0.1, -0.05) is 32.6 Å². The van der Waals surface area contributed by atoms with Gasteiger partial charge in [-0.05, 0) is 6.42 Å². The van der Waals surface area contributed by atoms with Gasteiger partial charge in [0, 0.05) is 12.4 Å². The molecule has 1 N–H and O–H groups in total. The van der Waals surface area contributed by atoms with Crippen molar-refractivity contribution in [1.82, 2.24) is 0 Å². The Labute approximate surface area is 102 Å². The van der Waals surface area contributed by atoms with E-state index in [1.807, 2.05) is 0 Å². The molecule has 0 aromatic heterocycles. The molecule has 0 aliphatic rings. The Hall–Kier alpha value is 0.430. The number of rotatable bonds is 7. The third-order valence-electron chi connectivity index (χ3n) is 1.79. The summed E-state index contributed by atoms with van der Waals surface area (Å²) in [6.45, 7) is 2.11. The first kappa shape index (κ1) is 15.9. The Morgan fingerprint density at radius 3 is 2.46 bits per heavy atom. The number of carbonyl (C=O) groups excluding carboxylic acids is 1. The molecule has 0 amide bonds. The van der Waals surface area contributed by atoms with Gasteiger partial charge in [-0.25, -0.2) is 0 Å². The Balaban J connectivity index is 0. The van der Waals surface area contributed by atoms with Gasteiger partial charge >= 0.3 is 29.6 Å². The van der Waals surface area contributed by atoms with E-state index in [1.54, 1.807) is 0 Å². The maximum Gasteiger partial charge on any atom is 1.00 e. The summed E-state index contributed by atoms with van der Waals surface area (Å²) in [5, 5.41) is 19.1. The zero-order valence-corrected chi connectivity index (χ0v) is 10.6. The van der Waals surface area contributed by atoms with Gasteiger partial charge in [-0.15, -0.1) is 0 Å². The quantitative estimate of drug-likeness (QED) is 0.360. The van der Waals surface area contributed by atoms with E-state index < -0.39 is 12.1 Å². The Morgan fingerprint density at radius 2 is 2.00 bits per heavy atom. The third kappa shape index (κ3) is 12.4. The van der Waals surface area contributed by atoms with E-state index in [9.17, 15) is 9.90 Å². The molecule has 4 heteroatoms. The number of carboxylic acid groups (broad SMARTS) is 1. The number of carboxylic acids is 1. The zero-order valence-electron chi connectivity index (χ0n) is 8.58. The Kier molecular flexibility index (Phi) is 12.8. The second kappa shape index (κ2) is 10.5. The minimum absolute atomic E-state index is 0. The molecule has 0 rings (SSSR count). The Morgan fingerprint density at radius 1 is 1.38 bits per heavy atom. The first-order valence-corrected chi connectivity index (χ1v) is 4.54. The van der Waals surface area contributed by atoms with Crippen molar-refractivity contribution in [2.24, 2.45) is 0 Å². The number of carbonyl (C=O) groups is 1. The molecular weight excluding hydrogens is 179 g/mol. The smallest absolute Gasteiger partial charge is 0.550 e. The minimum atomic E-state index is -1.17. The van der Waals surface area contributed by atoms with Crippen LogP contribution in [0.4, 0.5) is 0 Å². The molecule has 3 nitrogen and oxygen atoms in total. The van der Waals surface area contributed by atoms with Crippen molar-refractivity contribution in [3.63, 3.8) is 0 Å². The molecule has 0 bridgehead atoms. The second-order valence-corrected chi connectivity index (χ2v) is 3.08. The summed E-state index contributed by atoms with van der Waals surface area (Å²) in [5.41, 5.74) is 0. The first-order valence-electron chi connectivity index (χ1n) is 4.54. The standard InChI is InChI=1S/C9H18O3.Na/c1-2-3-4-5-6-8(10)7-9(11)12;/h8,10H,2-7H2,1H3,(H,11,12);/q;+1/p-1. The van der Waals surface area contributed by atoms with Crippen molar-refractivity contribution in [3.05, 3.63) is 0 Å². The van der Waals surface area contributed by atoms with Crippen molar-refractivity contribution in [1.29, 1.82) is 0 Å². The topological polar surface area (TPSA) is 60.4 Å². The van der Waals surface area contributed by atoms with Crippen LogP contribution in [0.1, 0.15) is 45.4 Å². The number of aliphatic hydroxyl groups is 1. The SMILES string of the molecule is CCCCCCC(O)CC(=O)[O-].[Na+]. The summed E-state index contributed by atoms with van der Waals surface area (Å²) in [5.74, 6) is -1.17. The van der Waals surface area contributed by atoms with E-state index in [0.29, 0.717) is 6.42 Å². The molecule has 72 valence electrons. The third-order valence-corrected chi connectivity index (χ3v) is 1.79. The van der Waals surface area contributed by atoms with Crippen LogP contribution in [0.15, 0.2) is 0 Å². The van der Waals surface area contributed by atoms with Crippen molar-refractivity contribution in [2.45, 2.75) is 51.6 Å². The van der Waals surface area contributed by atoms with Crippen LogP contribution in [0, 0.1) is 0 Å². The maximum atomic E-state index is 10.0. The van der Waals surface area contributed by atoms with Crippen molar-refractivity contribution in [2.75, 3.05) is 0 Å². The maximum absolute atomic E-state index is 10.0. The van der Waals surface area contributed by atoms with Crippen LogP contribution in [0.25, 0.3) is 0 Å². The molecule has 0 spiro atoms. The van der Waals surface area contributed by atoms with Crippen LogP contribution >= 0.6 is 0 Å². The predicted molar refractivity (Wildman–Crippen MR) is 44.4 cm³/mol. The van der Waals surface area contributed by atoms with E-state index in [0.717, 1.165) is 25.7 Å². The first-order chi connectivity index (χ1) is 5.66. The van der Waals surface area contributed by atoms with E-state index in [2.05, 4.69) is 6.92 Å². The fourth-order valence-corrected chi connectivity index (χ4v) is 1.10. The Bertz CT molecular complexity index is 128. The predicted octanol–water partition coefficient (Wildman–Crippen LogP) is -2.54. The van der Waals surface area contributed by atoms with E-state index >= 15 is 0 Å². The molecule has 0 aliphatic heterocycles. The van der Waals surface area contributed by atoms with Gasteiger partial charge in [-0.3, -0.25) is 0 Å². The molecule has 0 heterocycles. The van der Waals surface area contributed by atoms with Gasteiger partial charge in [0.1, 0.15) is 0 Å². The van der Waals surface area contributed by atoms with Crippen LogP contribution in [-0.4, -0.2) is 17.2 Å². The van der Waals surface area contributed by atoms with Crippen molar-refractivity contribution < 1.29 is 44.6 Å². The molecule has 0 aromatic rings. The van der Waals surface area contributed by atoms with Gasteiger partial charge in [-0.2, -0.15) is 0 Å². The van der Waals surface area contributed by atoms with Gasteiger partial charge < -0.3 is 15.0 Å². The average Bonchev–Trinajstić information content (AvgIpc) is 1.97. The van der Waals surface area contributed by atoms with Crippen LogP contribution in [0.3, 0.4) is 0 Å². The van der Waals surface area contributed by atoms with E-state index in [4.69, 9.17) is 5.11 Å². The molecule has 0 saturated heterocycles. The van der Waals surface area contributed by atoms with Gasteiger partial charge in [0.05, 0.1) is 6.10 Å². The summed E-state index contributed by atoms with van der Waals surface area (Å²) in [7, 11) is 0. The molecular formula is C9H17NaO3. The van der Waals surface area contributed by atoms with Gasteiger partial charge in [0.25, 0.3) is 0 Å². The number of unbranched alkanes of at least 4 members (excludes halogenated alkanes) is 3. The monoisotopic (exact) mass is 196 g/mol. The summed E-state index contributed by atoms with van der Waals surface area (Å²) in [4.78, 5) is 10.0. The zero-order chi connectivity index (χ0) is 9.40. The number of aliphatic hydroxyl groups excluding tert-OH is 1. The van der Waals surface area contributed by atoms with Crippen molar-refractivity contribution in [3.8, 4) is 0 Å². The van der Waals surface area contributed by atoms with Crippen molar-refractivity contribution >= 4 is 5.97 Å². The van der Waals surface area contributed by atoms with Crippen LogP contribution in [0.2, 0.25) is 0 Å². The largest absolute Gasteiger partial charge is 1.00 e. The van der Waals surface area contributed by atoms with Crippen LogP contribution < -0.4 is 34.7 Å². The minimum Gasteiger partial charge on any atom is -0.550 e. The van der Waals surface area contributed by atoms with Gasteiger partial charge in [0.15, 0.2) is 0 Å². The average molecular weight is 196 g/mol.